The van der Waals surface area contributed by atoms with Gasteiger partial charge in [-0.2, -0.15) is 5.10 Å². The highest BCUT2D eigenvalue weighted by molar-refractivity contribution is 6.35. The van der Waals surface area contributed by atoms with E-state index in [1.54, 1.807) is 12.4 Å². The second kappa shape index (κ2) is 10.4. The molecular formula is C26H28Cl2N8O2. The fourth-order valence-electron chi connectivity index (χ4n) is 4.66. The molecule has 0 bridgehead atoms. The summed E-state index contributed by atoms with van der Waals surface area (Å²) in [6.45, 7) is 5.60. The number of nitrogens with one attached hydrogen (secondary N) is 2. The number of hydrogen-bond acceptors (Lipinski definition) is 8. The molecule has 4 heterocycles. The Labute approximate surface area is 230 Å². The highest BCUT2D eigenvalue weighted by Crippen LogP contribution is 2.35. The zero-order chi connectivity index (χ0) is 27.0. The maximum absolute atomic E-state index is 12.1. The van der Waals surface area contributed by atoms with E-state index in [2.05, 4.69) is 35.6 Å². The summed E-state index contributed by atoms with van der Waals surface area (Å²) < 4.78 is 6.16. The van der Waals surface area contributed by atoms with Crippen LogP contribution in [0.1, 0.15) is 25.5 Å². The Kier molecular flexibility index (Phi) is 7.13. The van der Waals surface area contributed by atoms with Crippen LogP contribution >= 0.6 is 23.2 Å². The Morgan fingerprint density at radius 2 is 1.92 bits per heavy atom. The van der Waals surface area contributed by atoms with Crippen molar-refractivity contribution in [3.8, 4) is 17.1 Å². The highest BCUT2D eigenvalue weighted by Gasteiger charge is 2.40. The van der Waals surface area contributed by atoms with Gasteiger partial charge in [0, 0.05) is 36.4 Å². The third kappa shape index (κ3) is 5.38. The number of halogens is 2. The number of aromatic amines is 1. The van der Waals surface area contributed by atoms with Crippen LogP contribution in [0, 0.1) is 0 Å². The van der Waals surface area contributed by atoms with Gasteiger partial charge in [0.05, 0.1) is 27.6 Å². The van der Waals surface area contributed by atoms with Gasteiger partial charge in [-0.3, -0.25) is 14.9 Å². The minimum absolute atomic E-state index is 0.00806. The molecule has 5 rings (SSSR count). The maximum atomic E-state index is 12.1. The lowest BCUT2D eigenvalue weighted by Crippen LogP contribution is -2.69. The summed E-state index contributed by atoms with van der Waals surface area (Å²) in [6.07, 6.45) is 2.70. The van der Waals surface area contributed by atoms with E-state index in [-0.39, 0.29) is 17.6 Å². The SMILES string of the molecule is CC(Oc1ccc2[nH]nc(-c3ccc(N4CC(C)(NC(=O)CN(C)C)C4)nn3)c2c1)c1c(Cl)cncc1Cl. The van der Waals surface area contributed by atoms with Crippen LogP contribution < -0.4 is 15.0 Å². The fraction of sp³-hybridized carbons (Fsp3) is 0.346. The maximum Gasteiger partial charge on any atom is 0.234 e. The molecule has 3 aromatic heterocycles. The van der Waals surface area contributed by atoms with E-state index in [9.17, 15) is 4.79 Å². The molecule has 12 heteroatoms. The van der Waals surface area contributed by atoms with E-state index in [0.29, 0.717) is 52.4 Å². The first-order chi connectivity index (χ1) is 18.1. The molecular weight excluding hydrogens is 527 g/mol. The van der Waals surface area contributed by atoms with E-state index >= 15 is 0 Å². The lowest BCUT2D eigenvalue weighted by molar-refractivity contribution is -0.123. The molecule has 2 N–H and O–H groups in total. The topological polar surface area (TPSA) is 112 Å². The van der Waals surface area contributed by atoms with Crippen LogP contribution in [0.3, 0.4) is 0 Å². The van der Waals surface area contributed by atoms with Crippen LogP contribution in [0.5, 0.6) is 5.75 Å². The Balaban J connectivity index is 1.29. The molecule has 1 aromatic carbocycles. The van der Waals surface area contributed by atoms with Crippen molar-refractivity contribution in [1.82, 2.24) is 35.6 Å². The van der Waals surface area contributed by atoms with Crippen molar-refractivity contribution in [2.45, 2.75) is 25.5 Å². The first kappa shape index (κ1) is 26.1. The number of carbonyl (C=O) groups excluding carboxylic acids is 1. The molecule has 0 spiro atoms. The Morgan fingerprint density at radius 1 is 1.18 bits per heavy atom. The molecule has 1 aliphatic rings. The smallest absolute Gasteiger partial charge is 0.234 e. The first-order valence-electron chi connectivity index (χ1n) is 12.1. The third-order valence-corrected chi connectivity index (χ3v) is 6.94. The van der Waals surface area contributed by atoms with Crippen molar-refractivity contribution in [2.75, 3.05) is 38.6 Å². The number of ether oxygens (including phenoxy) is 1. The summed E-state index contributed by atoms with van der Waals surface area (Å²) in [5.41, 5.74) is 2.54. The van der Waals surface area contributed by atoms with Crippen molar-refractivity contribution in [3.05, 3.63) is 58.3 Å². The van der Waals surface area contributed by atoms with Crippen LogP contribution in [0.25, 0.3) is 22.3 Å². The van der Waals surface area contributed by atoms with E-state index in [1.807, 2.05) is 63.2 Å². The molecule has 198 valence electrons. The van der Waals surface area contributed by atoms with E-state index in [4.69, 9.17) is 27.9 Å². The number of carbonyl (C=O) groups is 1. The normalized spacial score (nSPS) is 15.4. The molecule has 1 unspecified atom stereocenters. The number of hydrogen-bond donors (Lipinski definition) is 2. The van der Waals surface area contributed by atoms with E-state index < -0.39 is 0 Å². The van der Waals surface area contributed by atoms with Gasteiger partial charge in [-0.15, -0.1) is 10.2 Å². The predicted molar refractivity (Wildman–Crippen MR) is 148 cm³/mol. The largest absolute Gasteiger partial charge is 0.486 e. The van der Waals surface area contributed by atoms with Gasteiger partial charge in [-0.1, -0.05) is 23.2 Å². The number of pyridine rings is 1. The summed E-state index contributed by atoms with van der Waals surface area (Å²) in [6, 6.07) is 9.47. The van der Waals surface area contributed by atoms with Crippen molar-refractivity contribution in [2.24, 2.45) is 0 Å². The number of aromatic nitrogens is 5. The number of benzene rings is 1. The molecule has 1 aliphatic heterocycles. The van der Waals surface area contributed by atoms with Crippen molar-refractivity contribution in [3.63, 3.8) is 0 Å². The zero-order valence-corrected chi connectivity index (χ0v) is 23.0. The van der Waals surface area contributed by atoms with Gasteiger partial charge in [0.15, 0.2) is 5.82 Å². The monoisotopic (exact) mass is 554 g/mol. The molecule has 0 radical (unpaired) electrons. The minimum atomic E-state index is -0.389. The summed E-state index contributed by atoms with van der Waals surface area (Å²) in [4.78, 5) is 20.1. The number of likely N-dealkylation sites (N-methyl/N-ethyl adjacent to an activating group) is 1. The molecule has 0 saturated carbocycles. The molecule has 1 amide bonds. The number of rotatable bonds is 8. The van der Waals surface area contributed by atoms with Crippen LogP contribution in [-0.2, 0) is 4.79 Å². The second-order valence-corrected chi connectivity index (χ2v) is 10.9. The van der Waals surface area contributed by atoms with Gasteiger partial charge in [-0.05, 0) is 58.3 Å². The number of amides is 1. The highest BCUT2D eigenvalue weighted by atomic mass is 35.5. The number of anilines is 1. The van der Waals surface area contributed by atoms with Gasteiger partial charge >= 0.3 is 0 Å². The summed E-state index contributed by atoms with van der Waals surface area (Å²) in [5, 5.41) is 21.2. The van der Waals surface area contributed by atoms with Crippen LogP contribution in [0.4, 0.5) is 5.82 Å². The fourth-order valence-corrected chi connectivity index (χ4v) is 5.33. The van der Waals surface area contributed by atoms with E-state index in [1.165, 1.54) is 0 Å². The van der Waals surface area contributed by atoms with Crippen LogP contribution in [-0.4, -0.2) is 75.5 Å². The number of nitrogens with zero attached hydrogens (tertiary/aromatic N) is 6. The molecule has 1 saturated heterocycles. The average Bonchev–Trinajstić information content (AvgIpc) is 3.25. The third-order valence-electron chi connectivity index (χ3n) is 6.34. The van der Waals surface area contributed by atoms with Crippen LogP contribution in [0.2, 0.25) is 10.0 Å². The molecule has 10 nitrogen and oxygen atoms in total. The Bertz CT molecular complexity index is 1450. The van der Waals surface area contributed by atoms with Gasteiger partial charge in [-0.25, -0.2) is 0 Å². The number of H-pyrrole nitrogens is 1. The summed E-state index contributed by atoms with van der Waals surface area (Å²) in [5.74, 6) is 1.39. The van der Waals surface area contributed by atoms with Gasteiger partial charge < -0.3 is 19.9 Å². The average molecular weight is 555 g/mol. The molecule has 1 fully saturated rings. The first-order valence-corrected chi connectivity index (χ1v) is 12.9. The number of fused-ring (bicyclic) bond motifs is 1. The molecule has 4 aromatic rings. The molecule has 1 atom stereocenters. The lowest BCUT2D eigenvalue weighted by atomic mass is 9.92. The standard InChI is InChI=1S/C26H28Cl2N8O2/c1-15(24-18(27)10-29-11-19(24)28)38-16-5-6-20-17(9-16)25(34-31-20)21-7-8-22(33-32-21)36-13-26(2,14-36)30-23(37)12-35(3)4/h5-11,15H,12-14H2,1-4H3,(H,30,37)(H,31,34). The lowest BCUT2D eigenvalue weighted by Gasteiger charge is -2.48. The zero-order valence-electron chi connectivity index (χ0n) is 21.5. The van der Waals surface area contributed by atoms with Crippen LogP contribution in [0.15, 0.2) is 42.7 Å². The van der Waals surface area contributed by atoms with Crippen molar-refractivity contribution >= 4 is 45.8 Å². The quantitative estimate of drug-likeness (QED) is 0.334. The van der Waals surface area contributed by atoms with E-state index in [0.717, 1.165) is 16.7 Å². The summed E-state index contributed by atoms with van der Waals surface area (Å²) >= 11 is 12.6. The van der Waals surface area contributed by atoms with Gasteiger partial charge in [0.1, 0.15) is 23.2 Å². The Hall–Kier alpha value is -3.47. The molecule has 0 aliphatic carbocycles. The Morgan fingerprint density at radius 3 is 2.58 bits per heavy atom. The second-order valence-electron chi connectivity index (χ2n) is 10.0. The van der Waals surface area contributed by atoms with Crippen molar-refractivity contribution < 1.29 is 9.53 Å². The minimum Gasteiger partial charge on any atom is -0.486 e. The predicted octanol–water partition coefficient (Wildman–Crippen LogP) is 4.12. The summed E-state index contributed by atoms with van der Waals surface area (Å²) in [7, 11) is 3.75. The van der Waals surface area contributed by atoms with Gasteiger partial charge in [0.25, 0.3) is 0 Å². The van der Waals surface area contributed by atoms with Gasteiger partial charge in [0.2, 0.25) is 5.91 Å². The molecule has 38 heavy (non-hydrogen) atoms. The van der Waals surface area contributed by atoms with Crippen molar-refractivity contribution in [1.29, 1.82) is 0 Å².